The van der Waals surface area contributed by atoms with Crippen LogP contribution in [0.2, 0.25) is 0 Å². The van der Waals surface area contributed by atoms with Crippen molar-refractivity contribution in [1.82, 2.24) is 5.32 Å². The number of benzene rings is 1. The molecule has 1 aromatic rings. The molecule has 0 fully saturated rings. The topological polar surface area (TPSA) is 21.3 Å². The van der Waals surface area contributed by atoms with Crippen molar-refractivity contribution in [2.75, 3.05) is 20.2 Å². The van der Waals surface area contributed by atoms with E-state index in [1.165, 1.54) is 37.7 Å². The summed E-state index contributed by atoms with van der Waals surface area (Å²) in [6, 6.07) is 10.5. The third-order valence-corrected chi connectivity index (χ3v) is 3.13. The lowest BCUT2D eigenvalue weighted by atomic mass is 10.1. The third-order valence-electron chi connectivity index (χ3n) is 3.13. The molecule has 0 saturated carbocycles. The molecule has 0 spiro atoms. The highest BCUT2D eigenvalue weighted by molar-refractivity contribution is 5.17. The summed E-state index contributed by atoms with van der Waals surface area (Å²) < 4.78 is 5.99. The molecule has 0 aliphatic carbocycles. The summed E-state index contributed by atoms with van der Waals surface area (Å²) >= 11 is 0. The highest BCUT2D eigenvalue weighted by Crippen LogP contribution is 2.17. The van der Waals surface area contributed by atoms with Gasteiger partial charge in [0.15, 0.2) is 0 Å². The zero-order valence-electron chi connectivity index (χ0n) is 11.8. The summed E-state index contributed by atoms with van der Waals surface area (Å²) in [5.74, 6) is 0. The number of hydrogen-bond acceptors (Lipinski definition) is 2. The Morgan fingerprint density at radius 3 is 2.44 bits per heavy atom. The molecule has 0 amide bonds. The third kappa shape index (κ3) is 6.18. The Hall–Kier alpha value is -0.860. The highest BCUT2D eigenvalue weighted by atomic mass is 16.5. The average molecular weight is 249 g/mol. The summed E-state index contributed by atoms with van der Waals surface area (Å²) in [5.41, 5.74) is 1.26. The summed E-state index contributed by atoms with van der Waals surface area (Å²) in [4.78, 5) is 0. The van der Waals surface area contributed by atoms with Gasteiger partial charge in [-0.2, -0.15) is 0 Å². The van der Waals surface area contributed by atoms with Gasteiger partial charge >= 0.3 is 0 Å². The van der Waals surface area contributed by atoms with Gasteiger partial charge in [-0.3, -0.25) is 0 Å². The van der Waals surface area contributed by atoms with E-state index in [2.05, 4.69) is 36.5 Å². The first-order valence-corrected chi connectivity index (χ1v) is 7.19. The Bertz CT molecular complexity index is 286. The van der Waals surface area contributed by atoms with Crippen LogP contribution >= 0.6 is 0 Å². The Labute approximate surface area is 112 Å². The summed E-state index contributed by atoms with van der Waals surface area (Å²) in [6.07, 6.45) is 6.62. The standard InChI is InChI=1S/C16H27NO/c1-3-4-5-6-10-13-18-16(14-17-2)15-11-8-7-9-12-15/h7-9,11-12,16-17H,3-6,10,13-14H2,1-2H3. The van der Waals surface area contributed by atoms with Crippen LogP contribution in [0.5, 0.6) is 0 Å². The molecule has 2 nitrogen and oxygen atoms in total. The van der Waals surface area contributed by atoms with E-state index < -0.39 is 0 Å². The van der Waals surface area contributed by atoms with E-state index in [0.29, 0.717) is 0 Å². The number of rotatable bonds is 10. The van der Waals surface area contributed by atoms with Crippen molar-refractivity contribution in [3.05, 3.63) is 35.9 Å². The van der Waals surface area contributed by atoms with Crippen molar-refractivity contribution in [3.63, 3.8) is 0 Å². The van der Waals surface area contributed by atoms with Gasteiger partial charge in [0.2, 0.25) is 0 Å². The van der Waals surface area contributed by atoms with Crippen LogP contribution in [0.1, 0.15) is 50.7 Å². The molecule has 0 aliphatic rings. The molecular weight excluding hydrogens is 222 g/mol. The molecule has 1 rings (SSSR count). The molecule has 0 radical (unpaired) electrons. The number of hydrogen-bond donors (Lipinski definition) is 1. The normalized spacial score (nSPS) is 12.6. The first-order valence-electron chi connectivity index (χ1n) is 7.19. The highest BCUT2D eigenvalue weighted by Gasteiger charge is 2.09. The second-order valence-electron chi connectivity index (χ2n) is 4.74. The monoisotopic (exact) mass is 249 g/mol. The van der Waals surface area contributed by atoms with E-state index >= 15 is 0 Å². The van der Waals surface area contributed by atoms with Gasteiger partial charge in [-0.25, -0.2) is 0 Å². The van der Waals surface area contributed by atoms with Gasteiger partial charge in [0.05, 0.1) is 6.10 Å². The molecule has 102 valence electrons. The fourth-order valence-corrected chi connectivity index (χ4v) is 2.06. The van der Waals surface area contributed by atoms with Gasteiger partial charge in [0.1, 0.15) is 0 Å². The van der Waals surface area contributed by atoms with Crippen molar-refractivity contribution in [3.8, 4) is 0 Å². The minimum Gasteiger partial charge on any atom is -0.372 e. The molecule has 1 atom stereocenters. The van der Waals surface area contributed by atoms with Crippen molar-refractivity contribution >= 4 is 0 Å². The Morgan fingerprint density at radius 2 is 1.78 bits per heavy atom. The number of unbranched alkanes of at least 4 members (excludes halogenated alkanes) is 4. The zero-order chi connectivity index (χ0) is 13.1. The lowest BCUT2D eigenvalue weighted by Crippen LogP contribution is -2.20. The van der Waals surface area contributed by atoms with Crippen LogP contribution < -0.4 is 5.32 Å². The van der Waals surface area contributed by atoms with Crippen LogP contribution in [0.25, 0.3) is 0 Å². The predicted molar refractivity (Wildman–Crippen MR) is 77.8 cm³/mol. The predicted octanol–water partition coefficient (Wildman–Crippen LogP) is 3.93. The Morgan fingerprint density at radius 1 is 1.06 bits per heavy atom. The maximum absolute atomic E-state index is 5.99. The van der Waals surface area contributed by atoms with Crippen molar-refractivity contribution < 1.29 is 4.74 Å². The second kappa shape index (κ2) is 10.1. The average Bonchev–Trinajstić information content (AvgIpc) is 2.42. The molecule has 18 heavy (non-hydrogen) atoms. The van der Waals surface area contributed by atoms with Crippen molar-refractivity contribution in [2.45, 2.75) is 45.1 Å². The Kier molecular flexibility index (Phi) is 8.53. The lowest BCUT2D eigenvalue weighted by molar-refractivity contribution is 0.0511. The van der Waals surface area contributed by atoms with Crippen molar-refractivity contribution in [2.24, 2.45) is 0 Å². The summed E-state index contributed by atoms with van der Waals surface area (Å²) in [7, 11) is 1.97. The molecule has 0 aliphatic heterocycles. The van der Waals surface area contributed by atoms with Gasteiger partial charge < -0.3 is 10.1 Å². The Balaban J connectivity index is 2.26. The van der Waals surface area contributed by atoms with E-state index in [-0.39, 0.29) is 6.10 Å². The minimum absolute atomic E-state index is 0.183. The van der Waals surface area contributed by atoms with Crippen LogP contribution in [0, 0.1) is 0 Å². The molecule has 0 aromatic heterocycles. The largest absolute Gasteiger partial charge is 0.372 e. The van der Waals surface area contributed by atoms with E-state index in [1.807, 2.05) is 13.1 Å². The quantitative estimate of drug-likeness (QED) is 0.634. The molecule has 0 saturated heterocycles. The van der Waals surface area contributed by atoms with Crippen LogP contribution in [0.4, 0.5) is 0 Å². The van der Waals surface area contributed by atoms with E-state index in [9.17, 15) is 0 Å². The first kappa shape index (κ1) is 15.2. The lowest BCUT2D eigenvalue weighted by Gasteiger charge is -2.18. The SMILES string of the molecule is CCCCCCCOC(CNC)c1ccccc1. The van der Waals surface area contributed by atoms with Gasteiger partial charge in [-0.15, -0.1) is 0 Å². The molecule has 0 heterocycles. The molecule has 2 heteroatoms. The molecule has 1 aromatic carbocycles. The first-order chi connectivity index (χ1) is 8.88. The fraction of sp³-hybridized carbons (Fsp3) is 0.625. The van der Waals surface area contributed by atoms with Crippen LogP contribution in [0.15, 0.2) is 30.3 Å². The summed E-state index contributed by atoms with van der Waals surface area (Å²) in [6.45, 7) is 3.98. The molecule has 1 unspecified atom stereocenters. The second-order valence-corrected chi connectivity index (χ2v) is 4.74. The maximum atomic E-state index is 5.99. The number of likely N-dealkylation sites (N-methyl/N-ethyl adjacent to an activating group) is 1. The minimum atomic E-state index is 0.183. The van der Waals surface area contributed by atoms with E-state index in [0.717, 1.165) is 13.2 Å². The smallest absolute Gasteiger partial charge is 0.0949 e. The van der Waals surface area contributed by atoms with Crippen LogP contribution in [-0.2, 0) is 4.74 Å². The van der Waals surface area contributed by atoms with E-state index in [1.54, 1.807) is 0 Å². The molecule has 1 N–H and O–H groups in total. The maximum Gasteiger partial charge on any atom is 0.0949 e. The van der Waals surface area contributed by atoms with E-state index in [4.69, 9.17) is 4.74 Å². The van der Waals surface area contributed by atoms with Gasteiger partial charge in [-0.05, 0) is 19.0 Å². The van der Waals surface area contributed by atoms with Gasteiger partial charge in [-0.1, -0.05) is 62.9 Å². The van der Waals surface area contributed by atoms with Gasteiger partial charge in [0.25, 0.3) is 0 Å². The molecular formula is C16H27NO. The zero-order valence-corrected chi connectivity index (χ0v) is 11.8. The number of ether oxygens (including phenoxy) is 1. The van der Waals surface area contributed by atoms with Gasteiger partial charge in [0, 0.05) is 13.2 Å². The fourth-order valence-electron chi connectivity index (χ4n) is 2.06. The van der Waals surface area contributed by atoms with Crippen LogP contribution in [0.3, 0.4) is 0 Å². The van der Waals surface area contributed by atoms with Crippen molar-refractivity contribution in [1.29, 1.82) is 0 Å². The molecule has 0 bridgehead atoms. The number of nitrogens with one attached hydrogen (secondary N) is 1. The summed E-state index contributed by atoms with van der Waals surface area (Å²) in [5, 5.41) is 3.20. The van der Waals surface area contributed by atoms with Crippen LogP contribution in [-0.4, -0.2) is 20.2 Å².